The second-order valence-electron chi connectivity index (χ2n) is 28.5. The molecule has 0 unspecified atom stereocenters. The van der Waals surface area contributed by atoms with E-state index in [0.29, 0.717) is 0 Å². The Hall–Kier alpha value is -0.504. The number of rotatable bonds is 47. The molecule has 2 heterocycles. The van der Waals surface area contributed by atoms with Crippen LogP contribution in [-0.4, -0.2) is 82.6 Å². The Kier molecular flexibility index (Phi) is 30.7. The molecule has 0 radical (unpaired) electrons. The van der Waals surface area contributed by atoms with E-state index in [1.165, 1.54) is 311 Å². The van der Waals surface area contributed by atoms with Crippen molar-refractivity contribution in [1.29, 1.82) is 0 Å². The molecule has 2 aliphatic rings. The van der Waals surface area contributed by atoms with Gasteiger partial charge in [-0.3, -0.25) is 0 Å². The predicted molar refractivity (Wildman–Crippen MR) is 375 cm³/mol. The maximum absolute atomic E-state index is 5.80. The van der Waals surface area contributed by atoms with Crippen LogP contribution in [-0.2, 0) is 10.8 Å². The van der Waals surface area contributed by atoms with Crippen molar-refractivity contribution in [2.45, 2.75) is 357 Å². The molecule has 3 aromatic carbocycles. The average molecular weight is 1480 g/mol. The standard InChI is InChI=1S/C60H88N4Se2.3C4H9.3CH3.2Sn/c1-5-9-13-17-21-25-29-33-41-59(42-34-30-26-22-18-14-10-6-2)49-37-39-53-57(63-65-61-53)55(49)47-46-52-48(45-51(47)59)56-50(38-40-54-58(56)64-66-62-54)60(52,43-35-31-27-23-19-15-11-7-3)44-36-32-28-24-20-16-12-8-4;3*1-3-4-2;;;;;/h37-38,45-46H,5-36,41-44H2,1-4H3;3*1,3-4H2,2H3;3*1H3;;. The van der Waals surface area contributed by atoms with Gasteiger partial charge in [-0.25, -0.2) is 0 Å². The third kappa shape index (κ3) is 17.7. The van der Waals surface area contributed by atoms with Crippen molar-refractivity contribution in [3.05, 3.63) is 46.5 Å². The summed E-state index contributed by atoms with van der Waals surface area (Å²) in [6.45, 7) is 16.8. The van der Waals surface area contributed by atoms with Gasteiger partial charge in [-0.1, -0.05) is 53.4 Å². The summed E-state index contributed by atoms with van der Waals surface area (Å²) < 4.78 is 30.6. The second-order valence-corrected chi connectivity index (χ2v) is 58.2. The van der Waals surface area contributed by atoms with E-state index >= 15 is 0 Å². The topological polar surface area (TPSA) is 51.6 Å². The number of hydrogen-bond acceptors (Lipinski definition) is 4. The molecule has 0 saturated carbocycles. The molecule has 5 aromatic rings. The maximum atomic E-state index is 5.80. The number of hydrogen-bond donors (Lipinski definition) is 0. The Morgan fingerprint density at radius 1 is 0.301 bits per heavy atom. The van der Waals surface area contributed by atoms with Crippen molar-refractivity contribution in [3.63, 3.8) is 0 Å². The van der Waals surface area contributed by atoms with E-state index in [1.807, 2.05) is 3.58 Å². The summed E-state index contributed by atoms with van der Waals surface area (Å²) in [4.78, 5) is 7.97. The van der Waals surface area contributed by atoms with Gasteiger partial charge in [0, 0.05) is 0 Å². The SMILES string of the molecule is CCCCCCCCCCC1(CCCCCCCCCC)c2cc3c(cc2-c2c1c[c]([Sn]([CH3])([CH3])[CH3])c1n[se]nc21)C(CCCCCCCCCC)(CCCCCCCCCC)c1c[c]([Sn]([CH2]CCC)([CH2]CCC)[CH2]CCC)c2n[se]nc2c1-3. The molecule has 8 heteroatoms. The number of unbranched alkanes of at least 4 members (excludes halogenated alkanes) is 31. The molecule has 464 valence electrons. The number of fused-ring (bicyclic) bond motifs is 10. The van der Waals surface area contributed by atoms with E-state index in [2.05, 4.69) is 87.6 Å². The minimum absolute atomic E-state index is 0.0161. The summed E-state index contributed by atoms with van der Waals surface area (Å²) in [7, 11) is 0. The predicted octanol–water partition coefficient (Wildman–Crippen LogP) is 22.9. The van der Waals surface area contributed by atoms with Crippen LogP contribution in [0.5, 0.6) is 0 Å². The van der Waals surface area contributed by atoms with Crippen molar-refractivity contribution in [2.75, 3.05) is 0 Å². The molecule has 0 saturated heterocycles. The van der Waals surface area contributed by atoms with Crippen molar-refractivity contribution in [2.24, 2.45) is 0 Å². The molecule has 0 bridgehead atoms. The summed E-state index contributed by atoms with van der Waals surface area (Å²) in [6, 6.07) is 11.7. The van der Waals surface area contributed by atoms with Gasteiger partial charge in [0.2, 0.25) is 0 Å². The van der Waals surface area contributed by atoms with Gasteiger partial charge >= 0.3 is 484 Å². The first-order valence-electron chi connectivity index (χ1n) is 36.4. The molecular weight excluding hydrogens is 1350 g/mol. The fourth-order valence-corrected chi connectivity index (χ4v) is 40.2. The number of aromatic nitrogens is 4. The fraction of sp³-hybridized carbons (Fsp3) is 0.760. The molecular formula is C75H124N4Se2Sn2. The van der Waals surface area contributed by atoms with E-state index in [4.69, 9.17) is 15.9 Å². The molecule has 0 amide bonds. The third-order valence-corrected chi connectivity index (χ3v) is 44.6. The Morgan fingerprint density at radius 3 is 0.867 bits per heavy atom. The Bertz CT molecular complexity index is 2600. The zero-order chi connectivity index (χ0) is 59.0. The van der Waals surface area contributed by atoms with E-state index < -0.39 is 36.8 Å². The Morgan fingerprint density at radius 2 is 0.566 bits per heavy atom. The zero-order valence-corrected chi connectivity index (χ0v) is 64.9. The van der Waals surface area contributed by atoms with Gasteiger partial charge < -0.3 is 0 Å². The van der Waals surface area contributed by atoms with Gasteiger partial charge in [0.1, 0.15) is 0 Å². The van der Waals surface area contributed by atoms with Gasteiger partial charge in [0.25, 0.3) is 0 Å². The van der Waals surface area contributed by atoms with Crippen LogP contribution in [0.25, 0.3) is 44.3 Å². The minimum atomic E-state index is -3.04. The molecule has 2 aliphatic carbocycles. The van der Waals surface area contributed by atoms with E-state index in [0.717, 1.165) is 0 Å². The molecule has 83 heavy (non-hydrogen) atoms. The first-order valence-corrected chi connectivity index (χ1v) is 56.9. The van der Waals surface area contributed by atoms with E-state index in [-0.39, 0.29) is 40.8 Å². The molecule has 7 rings (SSSR count). The first kappa shape index (κ1) is 70.0. The van der Waals surface area contributed by atoms with Gasteiger partial charge in [-0.15, -0.1) is 0 Å². The summed E-state index contributed by atoms with van der Waals surface area (Å²) in [5.74, 6) is 0. The number of nitrogens with zero attached hydrogens (tertiary/aromatic N) is 4. The van der Waals surface area contributed by atoms with Crippen molar-refractivity contribution < 1.29 is 0 Å². The normalized spacial score (nSPS) is 14.3. The van der Waals surface area contributed by atoms with Crippen LogP contribution >= 0.6 is 0 Å². The van der Waals surface area contributed by atoms with Crippen LogP contribution in [0.15, 0.2) is 24.3 Å². The van der Waals surface area contributed by atoms with Crippen molar-refractivity contribution in [3.8, 4) is 22.3 Å². The van der Waals surface area contributed by atoms with E-state index in [1.54, 1.807) is 42.5 Å². The van der Waals surface area contributed by atoms with Gasteiger partial charge in [-0.05, 0) is 0 Å². The molecule has 0 fully saturated rings. The van der Waals surface area contributed by atoms with Crippen LogP contribution in [0, 0.1) is 0 Å². The second kappa shape index (κ2) is 36.4. The monoisotopic (exact) mass is 1480 g/mol. The fourth-order valence-electron chi connectivity index (χ4n) is 16.1. The molecule has 2 aromatic heterocycles. The first-order chi connectivity index (χ1) is 40.6. The molecule has 4 nitrogen and oxygen atoms in total. The number of benzene rings is 3. The van der Waals surface area contributed by atoms with Crippen molar-refractivity contribution >= 4 is 95.9 Å². The quantitative estimate of drug-likeness (QED) is 0.0288. The summed E-state index contributed by atoms with van der Waals surface area (Å²) in [6.07, 6.45) is 57.0. The van der Waals surface area contributed by atoms with Crippen LogP contribution in [0.4, 0.5) is 0 Å². The van der Waals surface area contributed by atoms with Crippen molar-refractivity contribution in [1.82, 2.24) is 15.9 Å². The summed E-state index contributed by atoms with van der Waals surface area (Å²) >= 11 is -5.90. The van der Waals surface area contributed by atoms with Crippen LogP contribution in [0.2, 0.25) is 28.1 Å². The third-order valence-electron chi connectivity index (χ3n) is 21.1. The average Bonchev–Trinajstić information content (AvgIpc) is 2.46. The van der Waals surface area contributed by atoms with Gasteiger partial charge in [0.05, 0.1) is 0 Å². The summed E-state index contributed by atoms with van der Waals surface area (Å²) in [5.41, 5.74) is 18.4. The van der Waals surface area contributed by atoms with Crippen LogP contribution in [0.3, 0.4) is 0 Å². The van der Waals surface area contributed by atoms with Crippen LogP contribution in [0.1, 0.15) is 340 Å². The van der Waals surface area contributed by atoms with E-state index in [9.17, 15) is 0 Å². The Balaban J connectivity index is 1.49. The molecule has 0 aliphatic heterocycles. The zero-order valence-electron chi connectivity index (χ0n) is 55.7. The van der Waals surface area contributed by atoms with Gasteiger partial charge in [-0.2, -0.15) is 0 Å². The molecule has 0 atom stereocenters. The molecule has 0 N–H and O–H groups in total. The summed E-state index contributed by atoms with van der Waals surface area (Å²) in [5, 5.41) is 0. The molecule has 0 spiro atoms. The van der Waals surface area contributed by atoms with Crippen LogP contribution < -0.4 is 7.16 Å². The van der Waals surface area contributed by atoms with Gasteiger partial charge in [0.15, 0.2) is 0 Å². The Labute approximate surface area is 532 Å².